The summed E-state index contributed by atoms with van der Waals surface area (Å²) in [7, 11) is -0.887. The number of para-hydroxylation sites is 1. The van der Waals surface area contributed by atoms with E-state index in [0.29, 0.717) is 34.7 Å². The Morgan fingerprint density at radius 1 is 1.08 bits per heavy atom. The van der Waals surface area contributed by atoms with Crippen molar-refractivity contribution in [2.24, 2.45) is 0 Å². The zero-order chi connectivity index (χ0) is 27.1. The highest BCUT2D eigenvalue weighted by Gasteiger charge is 2.28. The zero-order valence-electron chi connectivity index (χ0n) is 20.6. The standard InChI is InChI=1S/C25H25ClN7O4P/c1-4-23(34)29-18-11-9-17(10-12-18)15-33-16-19(13-28-33)30-25-27-14-20(26)24(32-25)31-21-7-5-6-8-22(21)38(35,36-2)37-3/h4-14,16H,1,15H2,2-3H3,(H,29,34)(H2,27,30,31,32). The van der Waals surface area contributed by atoms with Gasteiger partial charge in [-0.25, -0.2) is 4.98 Å². The molecule has 4 aromatic rings. The van der Waals surface area contributed by atoms with Crippen molar-refractivity contribution in [1.82, 2.24) is 19.7 Å². The molecule has 13 heteroatoms. The second-order valence-electron chi connectivity index (χ2n) is 7.84. The van der Waals surface area contributed by atoms with Crippen molar-refractivity contribution in [3.63, 3.8) is 0 Å². The predicted octanol–water partition coefficient (Wildman–Crippen LogP) is 5.10. The molecule has 0 bridgehead atoms. The summed E-state index contributed by atoms with van der Waals surface area (Å²) in [6.45, 7) is 3.96. The van der Waals surface area contributed by atoms with Gasteiger partial charge in [-0.3, -0.25) is 14.0 Å². The van der Waals surface area contributed by atoms with Gasteiger partial charge in [0.2, 0.25) is 11.9 Å². The molecule has 0 aliphatic heterocycles. The van der Waals surface area contributed by atoms with E-state index < -0.39 is 7.60 Å². The van der Waals surface area contributed by atoms with Crippen molar-refractivity contribution in [1.29, 1.82) is 0 Å². The second kappa shape index (κ2) is 12.0. The van der Waals surface area contributed by atoms with Crippen LogP contribution >= 0.6 is 19.2 Å². The van der Waals surface area contributed by atoms with Crippen molar-refractivity contribution in [3.8, 4) is 0 Å². The van der Waals surface area contributed by atoms with Gasteiger partial charge in [-0.1, -0.05) is 42.4 Å². The summed E-state index contributed by atoms with van der Waals surface area (Å²) >= 11 is 6.33. The third-order valence-corrected chi connectivity index (χ3v) is 7.54. The summed E-state index contributed by atoms with van der Waals surface area (Å²) < 4.78 is 25.0. The molecule has 2 aromatic carbocycles. The van der Waals surface area contributed by atoms with Crippen molar-refractivity contribution in [2.45, 2.75) is 6.54 Å². The highest BCUT2D eigenvalue weighted by Crippen LogP contribution is 2.47. The van der Waals surface area contributed by atoms with Gasteiger partial charge in [0.05, 0.1) is 35.6 Å². The van der Waals surface area contributed by atoms with Gasteiger partial charge in [-0.15, -0.1) is 0 Å². The molecular weight excluding hydrogens is 529 g/mol. The van der Waals surface area contributed by atoms with Gasteiger partial charge in [-0.2, -0.15) is 10.1 Å². The molecule has 4 rings (SSSR count). The average Bonchev–Trinajstić information content (AvgIpc) is 3.37. The molecule has 0 aliphatic rings. The molecule has 11 nitrogen and oxygen atoms in total. The number of nitrogens with one attached hydrogen (secondary N) is 3. The lowest BCUT2D eigenvalue weighted by Gasteiger charge is -2.18. The molecule has 2 aromatic heterocycles. The summed E-state index contributed by atoms with van der Waals surface area (Å²) in [6, 6.07) is 14.3. The number of rotatable bonds is 11. The van der Waals surface area contributed by atoms with E-state index in [1.165, 1.54) is 26.5 Å². The molecule has 196 valence electrons. The maximum atomic E-state index is 13.0. The largest absolute Gasteiger partial charge is 0.362 e. The number of halogens is 1. The van der Waals surface area contributed by atoms with Gasteiger partial charge in [0.1, 0.15) is 5.02 Å². The van der Waals surface area contributed by atoms with Crippen LogP contribution in [0.3, 0.4) is 0 Å². The molecular formula is C25H25ClN7O4P. The van der Waals surface area contributed by atoms with E-state index in [-0.39, 0.29) is 16.9 Å². The molecule has 0 atom stereocenters. The Kier molecular flexibility index (Phi) is 8.55. The Balaban J connectivity index is 1.46. The van der Waals surface area contributed by atoms with Crippen molar-refractivity contribution < 1.29 is 18.4 Å². The molecule has 2 heterocycles. The minimum atomic E-state index is -3.52. The molecule has 0 radical (unpaired) electrons. The van der Waals surface area contributed by atoms with Crippen LogP contribution in [-0.2, 0) is 25.0 Å². The minimum Gasteiger partial charge on any atom is -0.338 e. The number of carbonyl (C=O) groups excluding carboxylic acids is 1. The molecule has 3 N–H and O–H groups in total. The van der Waals surface area contributed by atoms with E-state index in [4.69, 9.17) is 20.6 Å². The number of benzene rings is 2. The zero-order valence-corrected chi connectivity index (χ0v) is 22.2. The van der Waals surface area contributed by atoms with Crippen LogP contribution in [0.4, 0.5) is 28.8 Å². The van der Waals surface area contributed by atoms with E-state index in [1.54, 1.807) is 41.3 Å². The number of aromatic nitrogens is 4. The van der Waals surface area contributed by atoms with Crippen molar-refractivity contribution in [3.05, 3.63) is 90.4 Å². The molecule has 0 fully saturated rings. The number of carbonyl (C=O) groups is 1. The molecule has 0 saturated heterocycles. The van der Waals surface area contributed by atoms with Crippen LogP contribution in [-0.4, -0.2) is 39.9 Å². The van der Waals surface area contributed by atoms with E-state index in [9.17, 15) is 9.36 Å². The summed E-state index contributed by atoms with van der Waals surface area (Å²) in [5.74, 6) is 0.307. The molecule has 38 heavy (non-hydrogen) atoms. The number of hydrogen-bond acceptors (Lipinski definition) is 9. The van der Waals surface area contributed by atoms with Gasteiger partial charge < -0.3 is 25.0 Å². The van der Waals surface area contributed by atoms with Gasteiger partial charge in [0.25, 0.3) is 0 Å². The Bertz CT molecular complexity index is 1490. The molecule has 0 spiro atoms. The maximum Gasteiger partial charge on any atom is 0.362 e. The Hall–Kier alpha value is -4.02. The fraction of sp³-hybridized carbons (Fsp3) is 0.120. The predicted molar refractivity (Wildman–Crippen MR) is 148 cm³/mol. The first-order chi connectivity index (χ1) is 18.3. The SMILES string of the molecule is C=CC(=O)Nc1ccc(Cn2cc(Nc3ncc(Cl)c(Nc4ccccc4P(=O)(OC)OC)n3)cn2)cc1. The van der Waals surface area contributed by atoms with Gasteiger partial charge in [0.15, 0.2) is 5.82 Å². The molecule has 1 amide bonds. The average molecular weight is 554 g/mol. The molecule has 0 aliphatic carbocycles. The first-order valence-corrected chi connectivity index (χ1v) is 13.2. The van der Waals surface area contributed by atoms with Crippen molar-refractivity contribution >= 4 is 59.2 Å². The monoisotopic (exact) mass is 553 g/mol. The highest BCUT2D eigenvalue weighted by molar-refractivity contribution is 7.62. The van der Waals surface area contributed by atoms with E-state index in [1.807, 2.05) is 24.3 Å². The Morgan fingerprint density at radius 2 is 1.82 bits per heavy atom. The van der Waals surface area contributed by atoms with Crippen molar-refractivity contribution in [2.75, 3.05) is 30.2 Å². The smallest absolute Gasteiger partial charge is 0.338 e. The second-order valence-corrected chi connectivity index (χ2v) is 10.5. The normalized spacial score (nSPS) is 11.1. The van der Waals surface area contributed by atoms with Crippen LogP contribution in [0.5, 0.6) is 0 Å². The van der Waals surface area contributed by atoms with Gasteiger partial charge in [0, 0.05) is 26.1 Å². The first-order valence-electron chi connectivity index (χ1n) is 11.3. The van der Waals surface area contributed by atoms with Crippen LogP contribution in [0.1, 0.15) is 5.56 Å². The Morgan fingerprint density at radius 3 is 2.53 bits per heavy atom. The van der Waals surface area contributed by atoms with Gasteiger partial charge in [-0.05, 0) is 35.9 Å². The van der Waals surface area contributed by atoms with E-state index in [0.717, 1.165) is 5.56 Å². The quantitative estimate of drug-likeness (QED) is 0.171. The van der Waals surface area contributed by atoms with E-state index >= 15 is 0 Å². The number of nitrogens with zero attached hydrogens (tertiary/aromatic N) is 4. The van der Waals surface area contributed by atoms with Crippen LogP contribution in [0.25, 0.3) is 0 Å². The lowest BCUT2D eigenvalue weighted by Crippen LogP contribution is -2.13. The summed E-state index contributed by atoms with van der Waals surface area (Å²) in [6.07, 6.45) is 6.12. The highest BCUT2D eigenvalue weighted by atomic mass is 35.5. The summed E-state index contributed by atoms with van der Waals surface area (Å²) in [5, 5.41) is 13.9. The summed E-state index contributed by atoms with van der Waals surface area (Å²) in [5.41, 5.74) is 2.81. The minimum absolute atomic E-state index is 0.262. The lowest BCUT2D eigenvalue weighted by molar-refractivity contribution is -0.111. The number of anilines is 5. The van der Waals surface area contributed by atoms with Gasteiger partial charge >= 0.3 is 7.60 Å². The Labute approximate surface area is 224 Å². The summed E-state index contributed by atoms with van der Waals surface area (Å²) in [4.78, 5) is 20.1. The third kappa shape index (κ3) is 6.45. The fourth-order valence-corrected chi connectivity index (χ4v) is 4.82. The van der Waals surface area contributed by atoms with Crippen LogP contribution in [0, 0.1) is 0 Å². The number of hydrogen-bond donors (Lipinski definition) is 3. The van der Waals surface area contributed by atoms with Crippen LogP contribution in [0.15, 0.2) is 79.8 Å². The number of amides is 1. The molecule has 0 saturated carbocycles. The van der Waals surface area contributed by atoms with Crippen LogP contribution in [0.2, 0.25) is 5.02 Å². The topological polar surface area (TPSA) is 132 Å². The van der Waals surface area contributed by atoms with E-state index in [2.05, 4.69) is 37.6 Å². The maximum absolute atomic E-state index is 13.0. The third-order valence-electron chi connectivity index (χ3n) is 5.32. The fourth-order valence-electron chi connectivity index (χ4n) is 3.45. The lowest BCUT2D eigenvalue weighted by atomic mass is 10.2. The first kappa shape index (κ1) is 27.0. The molecule has 0 unspecified atom stereocenters. The van der Waals surface area contributed by atoms with Crippen LogP contribution < -0.4 is 21.3 Å².